The van der Waals surface area contributed by atoms with Crippen LogP contribution in [0.5, 0.6) is 0 Å². The second kappa shape index (κ2) is 8.71. The van der Waals surface area contributed by atoms with Crippen LogP contribution in [0.4, 0.5) is 11.6 Å². The van der Waals surface area contributed by atoms with Gasteiger partial charge in [0.2, 0.25) is 5.91 Å². The molecule has 0 saturated carbocycles. The van der Waals surface area contributed by atoms with E-state index in [-0.39, 0.29) is 11.9 Å². The normalized spacial score (nSPS) is 10.6. The number of nitrogens with zero attached hydrogens (tertiary/aromatic N) is 3. The molecular formula is C14H25N5OS. The quantitative estimate of drug-likeness (QED) is 0.565. The first-order valence-electron chi connectivity index (χ1n) is 7.21. The maximum absolute atomic E-state index is 11.9. The van der Waals surface area contributed by atoms with Crippen LogP contribution in [-0.2, 0) is 4.79 Å². The van der Waals surface area contributed by atoms with Crippen molar-refractivity contribution in [1.29, 1.82) is 0 Å². The van der Waals surface area contributed by atoms with Gasteiger partial charge in [-0.1, -0.05) is 11.8 Å². The predicted molar refractivity (Wildman–Crippen MR) is 89.1 cm³/mol. The van der Waals surface area contributed by atoms with Crippen LogP contribution in [0, 0.1) is 0 Å². The molecular weight excluding hydrogens is 286 g/mol. The summed E-state index contributed by atoms with van der Waals surface area (Å²) in [4.78, 5) is 22.8. The minimum absolute atomic E-state index is 0.00108. The lowest BCUT2D eigenvalue weighted by Crippen LogP contribution is -2.40. The Morgan fingerprint density at radius 2 is 2.10 bits per heavy atom. The van der Waals surface area contributed by atoms with Gasteiger partial charge in [-0.2, -0.15) is 0 Å². The number of anilines is 2. The Morgan fingerprint density at radius 3 is 2.62 bits per heavy atom. The Kier molecular flexibility index (Phi) is 7.28. The van der Waals surface area contributed by atoms with E-state index in [1.165, 1.54) is 11.8 Å². The highest BCUT2D eigenvalue weighted by Gasteiger charge is 2.14. The van der Waals surface area contributed by atoms with Crippen LogP contribution in [-0.4, -0.2) is 47.8 Å². The zero-order chi connectivity index (χ0) is 15.8. The topological polar surface area (TPSA) is 70.2 Å². The average molecular weight is 311 g/mol. The molecule has 0 radical (unpaired) electrons. The minimum atomic E-state index is 0.00108. The zero-order valence-electron chi connectivity index (χ0n) is 13.4. The Bertz CT molecular complexity index is 467. The summed E-state index contributed by atoms with van der Waals surface area (Å²) in [5, 5.41) is 6.80. The van der Waals surface area contributed by atoms with Gasteiger partial charge in [-0.15, -0.1) is 0 Å². The third-order valence-corrected chi connectivity index (χ3v) is 3.27. The fourth-order valence-electron chi connectivity index (χ4n) is 1.83. The molecule has 7 heteroatoms. The smallest absolute Gasteiger partial charge is 0.239 e. The van der Waals surface area contributed by atoms with Gasteiger partial charge in [0.15, 0.2) is 5.16 Å². The summed E-state index contributed by atoms with van der Waals surface area (Å²) in [5.74, 6) is 1.56. The first kappa shape index (κ1) is 17.6. The summed E-state index contributed by atoms with van der Waals surface area (Å²) in [6, 6.07) is 2.02. The Labute approximate surface area is 131 Å². The number of carbonyl (C=O) groups excluding carboxylic acids is 1. The molecule has 0 unspecified atom stereocenters. The van der Waals surface area contributed by atoms with Gasteiger partial charge in [0.25, 0.3) is 0 Å². The average Bonchev–Trinajstić information content (AvgIpc) is 2.43. The summed E-state index contributed by atoms with van der Waals surface area (Å²) in [6.07, 6.45) is 1.94. The number of nitrogens with one attached hydrogen (secondary N) is 2. The molecule has 1 heterocycles. The highest BCUT2D eigenvalue weighted by Crippen LogP contribution is 2.20. The number of aromatic nitrogens is 2. The van der Waals surface area contributed by atoms with Gasteiger partial charge in [-0.25, -0.2) is 9.97 Å². The van der Waals surface area contributed by atoms with Crippen LogP contribution < -0.4 is 15.5 Å². The molecule has 6 nitrogen and oxygen atoms in total. The van der Waals surface area contributed by atoms with Crippen molar-refractivity contribution in [3.63, 3.8) is 0 Å². The van der Waals surface area contributed by atoms with Gasteiger partial charge in [-0.05, 0) is 34.0 Å². The summed E-state index contributed by atoms with van der Waals surface area (Å²) in [5.41, 5.74) is 0. The van der Waals surface area contributed by atoms with Gasteiger partial charge in [0.05, 0.1) is 6.54 Å². The van der Waals surface area contributed by atoms with E-state index in [2.05, 4.69) is 20.6 Å². The molecule has 2 N–H and O–H groups in total. The largest absolute Gasteiger partial charge is 0.370 e. The van der Waals surface area contributed by atoms with Crippen molar-refractivity contribution in [3.8, 4) is 0 Å². The first-order chi connectivity index (χ1) is 9.99. The third-order valence-electron chi connectivity index (χ3n) is 2.72. The molecule has 1 amide bonds. The third kappa shape index (κ3) is 5.79. The number of hydrogen-bond acceptors (Lipinski definition) is 6. The van der Waals surface area contributed by atoms with Crippen molar-refractivity contribution in [1.82, 2.24) is 15.3 Å². The van der Waals surface area contributed by atoms with Crippen LogP contribution in [0.1, 0.15) is 27.7 Å². The van der Waals surface area contributed by atoms with Crippen LogP contribution in [0.2, 0.25) is 0 Å². The minimum Gasteiger partial charge on any atom is -0.370 e. The summed E-state index contributed by atoms with van der Waals surface area (Å²) in [7, 11) is 0. The number of amides is 1. The molecule has 118 valence electrons. The van der Waals surface area contributed by atoms with Crippen molar-refractivity contribution < 1.29 is 4.79 Å². The maximum Gasteiger partial charge on any atom is 0.239 e. The molecule has 0 atom stereocenters. The van der Waals surface area contributed by atoms with E-state index in [1.54, 1.807) is 0 Å². The molecule has 0 aliphatic carbocycles. The fraction of sp³-hybridized carbons (Fsp3) is 0.643. The van der Waals surface area contributed by atoms with Crippen LogP contribution >= 0.6 is 11.8 Å². The van der Waals surface area contributed by atoms with E-state index >= 15 is 0 Å². The van der Waals surface area contributed by atoms with E-state index < -0.39 is 0 Å². The van der Waals surface area contributed by atoms with Crippen LogP contribution in [0.3, 0.4) is 0 Å². The van der Waals surface area contributed by atoms with Crippen molar-refractivity contribution in [2.24, 2.45) is 0 Å². The molecule has 1 aromatic heterocycles. The summed E-state index contributed by atoms with van der Waals surface area (Å²) >= 11 is 1.49. The van der Waals surface area contributed by atoms with Crippen LogP contribution in [0.25, 0.3) is 0 Å². The molecule has 0 aliphatic heterocycles. The molecule has 0 aliphatic rings. The number of hydrogen-bond donors (Lipinski definition) is 2. The highest BCUT2D eigenvalue weighted by molar-refractivity contribution is 7.98. The van der Waals surface area contributed by atoms with Crippen molar-refractivity contribution in [3.05, 3.63) is 6.07 Å². The molecule has 0 aromatic carbocycles. The Hall–Kier alpha value is -1.50. The number of carbonyl (C=O) groups is 1. The Morgan fingerprint density at radius 1 is 1.38 bits per heavy atom. The van der Waals surface area contributed by atoms with E-state index in [1.807, 2.05) is 44.9 Å². The van der Waals surface area contributed by atoms with Gasteiger partial charge >= 0.3 is 0 Å². The standard InChI is InChI=1S/C14H25N5OS/c1-6-15-11-8-12(18-14(17-11)21-5)19(7-2)9-13(20)16-10(3)4/h8,10H,6-7,9H2,1-5H3,(H,16,20)(H,15,17,18). The van der Waals surface area contributed by atoms with Gasteiger partial charge in [0, 0.05) is 25.2 Å². The van der Waals surface area contributed by atoms with Crippen molar-refractivity contribution >= 4 is 29.3 Å². The lowest BCUT2D eigenvalue weighted by Gasteiger charge is -2.23. The summed E-state index contributed by atoms with van der Waals surface area (Å²) < 4.78 is 0. The first-order valence-corrected chi connectivity index (χ1v) is 8.43. The fourth-order valence-corrected chi connectivity index (χ4v) is 2.21. The molecule has 1 aromatic rings. The van der Waals surface area contributed by atoms with Gasteiger partial charge < -0.3 is 15.5 Å². The van der Waals surface area contributed by atoms with E-state index in [9.17, 15) is 4.79 Å². The van der Waals surface area contributed by atoms with E-state index in [0.29, 0.717) is 18.2 Å². The SMILES string of the molecule is CCNc1cc(N(CC)CC(=O)NC(C)C)nc(SC)n1. The lowest BCUT2D eigenvalue weighted by molar-refractivity contribution is -0.120. The monoisotopic (exact) mass is 311 g/mol. The van der Waals surface area contributed by atoms with Gasteiger partial charge in [0.1, 0.15) is 11.6 Å². The second-order valence-electron chi connectivity index (χ2n) is 4.86. The molecule has 0 bridgehead atoms. The molecule has 0 saturated heterocycles. The second-order valence-corrected chi connectivity index (χ2v) is 5.64. The van der Waals surface area contributed by atoms with Crippen molar-refractivity contribution in [2.75, 3.05) is 36.1 Å². The summed E-state index contributed by atoms with van der Waals surface area (Å²) in [6.45, 7) is 9.74. The van der Waals surface area contributed by atoms with Crippen LogP contribution in [0.15, 0.2) is 11.2 Å². The van der Waals surface area contributed by atoms with E-state index in [0.717, 1.165) is 18.2 Å². The number of likely N-dealkylation sites (N-methyl/N-ethyl adjacent to an activating group) is 1. The Balaban J connectivity index is 2.93. The number of rotatable bonds is 8. The molecule has 0 spiro atoms. The molecule has 21 heavy (non-hydrogen) atoms. The highest BCUT2D eigenvalue weighted by atomic mass is 32.2. The van der Waals surface area contributed by atoms with Gasteiger partial charge in [-0.3, -0.25) is 4.79 Å². The van der Waals surface area contributed by atoms with E-state index in [4.69, 9.17) is 0 Å². The zero-order valence-corrected chi connectivity index (χ0v) is 14.3. The van der Waals surface area contributed by atoms with Crippen molar-refractivity contribution in [2.45, 2.75) is 38.9 Å². The predicted octanol–water partition coefficient (Wildman–Crippen LogP) is 1.98. The lowest BCUT2D eigenvalue weighted by atomic mass is 10.3. The maximum atomic E-state index is 11.9. The number of thioether (sulfide) groups is 1. The molecule has 1 rings (SSSR count). The molecule has 0 fully saturated rings.